The summed E-state index contributed by atoms with van der Waals surface area (Å²) in [6, 6.07) is 17.8. The molecule has 1 heterocycles. The maximum Gasteiger partial charge on any atom is 0.0582 e. The van der Waals surface area contributed by atoms with Gasteiger partial charge in [-0.25, -0.2) is 0 Å². The van der Waals surface area contributed by atoms with E-state index in [-0.39, 0.29) is 0 Å². The summed E-state index contributed by atoms with van der Waals surface area (Å²) in [5.74, 6) is 0.599. The molecule has 2 aromatic carbocycles. The van der Waals surface area contributed by atoms with Crippen LogP contribution < -0.4 is 5.32 Å². The van der Waals surface area contributed by atoms with E-state index in [1.54, 1.807) is 0 Å². The van der Waals surface area contributed by atoms with Gasteiger partial charge in [0.1, 0.15) is 0 Å². The lowest BCUT2D eigenvalue weighted by Gasteiger charge is -2.32. The summed E-state index contributed by atoms with van der Waals surface area (Å²) < 4.78 is 0. The number of rotatable bonds is 1. The van der Waals surface area contributed by atoms with Crippen molar-refractivity contribution in [2.45, 2.75) is 25.8 Å². The molecule has 2 aromatic rings. The molecule has 0 unspecified atom stereocenters. The Morgan fingerprint density at radius 1 is 0.889 bits per heavy atom. The summed E-state index contributed by atoms with van der Waals surface area (Å²) in [7, 11) is 0. The van der Waals surface area contributed by atoms with Crippen molar-refractivity contribution in [3.05, 3.63) is 70.8 Å². The van der Waals surface area contributed by atoms with Gasteiger partial charge < -0.3 is 5.32 Å². The quantitative estimate of drug-likeness (QED) is 0.795. The SMILES string of the molecule is Cc1ccccc1[C@H]1NC[C@H](C)c2ccccc21. The van der Waals surface area contributed by atoms with Crippen LogP contribution in [0.1, 0.15) is 41.1 Å². The van der Waals surface area contributed by atoms with Gasteiger partial charge in [-0.3, -0.25) is 0 Å². The van der Waals surface area contributed by atoms with E-state index in [9.17, 15) is 0 Å². The van der Waals surface area contributed by atoms with Gasteiger partial charge in [-0.05, 0) is 35.1 Å². The second-order valence-electron chi connectivity index (χ2n) is 5.23. The minimum Gasteiger partial charge on any atom is -0.306 e. The molecular formula is C17H19N. The van der Waals surface area contributed by atoms with Crippen molar-refractivity contribution in [3.63, 3.8) is 0 Å². The van der Waals surface area contributed by atoms with Gasteiger partial charge in [0.15, 0.2) is 0 Å². The molecule has 2 atom stereocenters. The van der Waals surface area contributed by atoms with Crippen LogP contribution in [0, 0.1) is 6.92 Å². The summed E-state index contributed by atoms with van der Waals surface area (Å²) in [5, 5.41) is 3.68. The van der Waals surface area contributed by atoms with Crippen LogP contribution in [-0.4, -0.2) is 6.54 Å². The van der Waals surface area contributed by atoms with Gasteiger partial charge in [0, 0.05) is 6.54 Å². The van der Waals surface area contributed by atoms with Gasteiger partial charge in [0.25, 0.3) is 0 Å². The second kappa shape index (κ2) is 4.58. The highest BCUT2D eigenvalue weighted by Gasteiger charge is 2.25. The van der Waals surface area contributed by atoms with Crippen molar-refractivity contribution in [2.24, 2.45) is 0 Å². The molecule has 1 heteroatoms. The Labute approximate surface area is 109 Å². The zero-order valence-corrected chi connectivity index (χ0v) is 11.0. The van der Waals surface area contributed by atoms with Crippen LogP contribution in [0.4, 0.5) is 0 Å². The van der Waals surface area contributed by atoms with Crippen molar-refractivity contribution in [3.8, 4) is 0 Å². The molecule has 0 fully saturated rings. The smallest absolute Gasteiger partial charge is 0.0582 e. The molecule has 1 nitrogen and oxygen atoms in total. The molecule has 0 aliphatic carbocycles. The molecule has 0 amide bonds. The van der Waals surface area contributed by atoms with Crippen LogP contribution in [0.5, 0.6) is 0 Å². The predicted molar refractivity (Wildman–Crippen MR) is 75.9 cm³/mol. The highest BCUT2D eigenvalue weighted by molar-refractivity contribution is 5.43. The van der Waals surface area contributed by atoms with E-state index in [1.165, 1.54) is 22.3 Å². The van der Waals surface area contributed by atoms with E-state index in [1.807, 2.05) is 0 Å². The zero-order valence-electron chi connectivity index (χ0n) is 11.0. The van der Waals surface area contributed by atoms with E-state index in [0.717, 1.165) is 6.54 Å². The van der Waals surface area contributed by atoms with Crippen LogP contribution in [0.15, 0.2) is 48.5 Å². The van der Waals surface area contributed by atoms with Gasteiger partial charge in [-0.1, -0.05) is 55.5 Å². The molecule has 18 heavy (non-hydrogen) atoms. The first-order valence-electron chi connectivity index (χ1n) is 6.65. The van der Waals surface area contributed by atoms with Gasteiger partial charge in [-0.2, -0.15) is 0 Å². The largest absolute Gasteiger partial charge is 0.306 e. The monoisotopic (exact) mass is 237 g/mol. The predicted octanol–water partition coefficient (Wildman–Crippen LogP) is 3.79. The third-order valence-electron chi connectivity index (χ3n) is 3.97. The topological polar surface area (TPSA) is 12.0 Å². The Morgan fingerprint density at radius 3 is 2.22 bits per heavy atom. The van der Waals surface area contributed by atoms with Crippen LogP contribution in [-0.2, 0) is 0 Å². The highest BCUT2D eigenvalue weighted by Crippen LogP contribution is 2.34. The van der Waals surface area contributed by atoms with Crippen LogP contribution in [0.3, 0.4) is 0 Å². The average molecular weight is 237 g/mol. The minimum atomic E-state index is 0.346. The fourth-order valence-corrected chi connectivity index (χ4v) is 2.93. The molecule has 0 saturated heterocycles. The Bertz CT molecular complexity index is 559. The van der Waals surface area contributed by atoms with Crippen molar-refractivity contribution < 1.29 is 0 Å². The van der Waals surface area contributed by atoms with E-state index in [4.69, 9.17) is 0 Å². The molecule has 0 spiro atoms. The first-order valence-corrected chi connectivity index (χ1v) is 6.65. The lowest BCUT2D eigenvalue weighted by Crippen LogP contribution is -2.33. The van der Waals surface area contributed by atoms with Gasteiger partial charge in [0.05, 0.1) is 6.04 Å². The van der Waals surface area contributed by atoms with Crippen molar-refractivity contribution in [1.29, 1.82) is 0 Å². The number of hydrogen-bond acceptors (Lipinski definition) is 1. The molecule has 0 saturated carbocycles. The van der Waals surface area contributed by atoms with E-state index >= 15 is 0 Å². The third-order valence-corrected chi connectivity index (χ3v) is 3.97. The van der Waals surface area contributed by atoms with Crippen molar-refractivity contribution >= 4 is 0 Å². The Hall–Kier alpha value is -1.60. The van der Waals surface area contributed by atoms with Gasteiger partial charge in [0.2, 0.25) is 0 Å². The number of hydrogen-bond donors (Lipinski definition) is 1. The summed E-state index contributed by atoms with van der Waals surface area (Å²) >= 11 is 0. The number of aryl methyl sites for hydroxylation is 1. The van der Waals surface area contributed by atoms with Crippen molar-refractivity contribution in [2.75, 3.05) is 6.54 Å². The highest BCUT2D eigenvalue weighted by atomic mass is 14.9. The van der Waals surface area contributed by atoms with E-state index in [0.29, 0.717) is 12.0 Å². The molecule has 1 aliphatic heterocycles. The summed E-state index contributed by atoms with van der Waals surface area (Å²) in [6.07, 6.45) is 0. The van der Waals surface area contributed by atoms with Gasteiger partial charge >= 0.3 is 0 Å². The second-order valence-corrected chi connectivity index (χ2v) is 5.23. The maximum absolute atomic E-state index is 3.68. The fourth-order valence-electron chi connectivity index (χ4n) is 2.93. The number of benzene rings is 2. The van der Waals surface area contributed by atoms with Crippen LogP contribution >= 0.6 is 0 Å². The zero-order chi connectivity index (χ0) is 12.5. The van der Waals surface area contributed by atoms with Crippen LogP contribution in [0.2, 0.25) is 0 Å². The van der Waals surface area contributed by atoms with Crippen LogP contribution in [0.25, 0.3) is 0 Å². The number of nitrogens with one attached hydrogen (secondary N) is 1. The maximum atomic E-state index is 3.68. The first kappa shape index (κ1) is 11.5. The summed E-state index contributed by atoms with van der Waals surface area (Å²) in [4.78, 5) is 0. The Kier molecular flexibility index (Phi) is 2.92. The molecule has 0 bridgehead atoms. The summed E-state index contributed by atoms with van der Waals surface area (Å²) in [5.41, 5.74) is 5.69. The lowest BCUT2D eigenvalue weighted by molar-refractivity contribution is 0.514. The molecule has 3 rings (SSSR count). The fraction of sp³-hybridized carbons (Fsp3) is 0.294. The molecule has 0 radical (unpaired) electrons. The lowest BCUT2D eigenvalue weighted by atomic mass is 9.84. The molecule has 1 N–H and O–H groups in total. The normalized spacial score (nSPS) is 22.6. The van der Waals surface area contributed by atoms with E-state index < -0.39 is 0 Å². The minimum absolute atomic E-state index is 0.346. The van der Waals surface area contributed by atoms with Gasteiger partial charge in [-0.15, -0.1) is 0 Å². The Balaban J connectivity index is 2.11. The molecule has 1 aliphatic rings. The summed E-state index contributed by atoms with van der Waals surface area (Å²) in [6.45, 7) is 5.54. The molecule has 0 aromatic heterocycles. The molecule has 92 valence electrons. The Morgan fingerprint density at radius 2 is 1.50 bits per heavy atom. The molecular weight excluding hydrogens is 218 g/mol. The van der Waals surface area contributed by atoms with E-state index in [2.05, 4.69) is 67.7 Å². The third kappa shape index (κ3) is 1.85. The first-order chi connectivity index (χ1) is 8.77. The average Bonchev–Trinajstić information content (AvgIpc) is 2.41. The number of fused-ring (bicyclic) bond motifs is 1. The van der Waals surface area contributed by atoms with Crippen molar-refractivity contribution in [1.82, 2.24) is 5.32 Å². The standard InChI is InChI=1S/C17H19N/c1-12-7-3-4-9-15(12)17-16-10-6-5-8-14(16)13(2)11-18-17/h3-10,13,17-18H,11H2,1-2H3/t13-,17+/m0/s1.